The molecule has 3 aliphatic rings. The maximum atomic E-state index is 14.3. The summed E-state index contributed by atoms with van der Waals surface area (Å²) in [6.07, 6.45) is 1.40. The molecule has 10 heteroatoms. The molecule has 2 fully saturated rings. The fraction of sp³-hybridized carbons (Fsp3) is 0.457. The van der Waals surface area contributed by atoms with E-state index in [-0.39, 0.29) is 5.41 Å². The first kappa shape index (κ1) is 31.3. The van der Waals surface area contributed by atoms with Crippen LogP contribution in [-0.4, -0.2) is 49.7 Å². The van der Waals surface area contributed by atoms with E-state index >= 15 is 0 Å². The average Bonchev–Trinajstić information content (AvgIpc) is 3.64. The van der Waals surface area contributed by atoms with E-state index in [1.165, 1.54) is 23.3 Å². The van der Waals surface area contributed by atoms with Crippen LogP contribution in [0.25, 0.3) is 0 Å². The Balaban J connectivity index is 1.32. The minimum atomic E-state index is -1.01. The fourth-order valence-corrected chi connectivity index (χ4v) is 8.20. The molecule has 6 rings (SSSR count). The number of carbonyl (C=O) groups is 3. The van der Waals surface area contributed by atoms with Crippen molar-refractivity contribution in [3.63, 3.8) is 0 Å². The van der Waals surface area contributed by atoms with Gasteiger partial charge < -0.3 is 14.2 Å². The first-order chi connectivity index (χ1) is 21.5. The zero-order chi connectivity index (χ0) is 32.0. The standard InChI is InChI=1S/C35H40N2O7S/c1-7-42-25-17-21(13-16-24(25)43-19-20-11-9-8-10-12-20)29-28-30(44-36(29)5)32(39)37(31(28)38)33-27(34(40)41-6)23-15-14-22(35(2,3)4)18-26(23)45-33/h8-13,16-17,22,28-30H,7,14-15,18-19H2,1-6H3/t22-,28+,29+,30+/m1/s1. The van der Waals surface area contributed by atoms with Crippen LogP contribution in [-0.2, 0) is 38.6 Å². The van der Waals surface area contributed by atoms with Crippen LogP contribution in [0.5, 0.6) is 11.5 Å². The van der Waals surface area contributed by atoms with Gasteiger partial charge in [-0.1, -0.05) is 57.2 Å². The molecule has 0 saturated carbocycles. The third-order valence-electron chi connectivity index (χ3n) is 9.22. The summed E-state index contributed by atoms with van der Waals surface area (Å²) in [5, 5.41) is 1.92. The van der Waals surface area contributed by atoms with Crippen LogP contribution in [0.2, 0.25) is 0 Å². The quantitative estimate of drug-likeness (QED) is 0.216. The molecule has 2 saturated heterocycles. The number of carbonyl (C=O) groups excluding carboxylic acids is 3. The van der Waals surface area contributed by atoms with Gasteiger partial charge in [0.15, 0.2) is 17.6 Å². The van der Waals surface area contributed by atoms with Crippen molar-refractivity contribution in [2.75, 3.05) is 25.7 Å². The molecule has 2 aromatic carbocycles. The van der Waals surface area contributed by atoms with Crippen LogP contribution in [0.1, 0.15) is 72.1 Å². The molecule has 3 heterocycles. The molecule has 45 heavy (non-hydrogen) atoms. The van der Waals surface area contributed by atoms with E-state index < -0.39 is 35.8 Å². The number of benzene rings is 2. The fourth-order valence-electron chi connectivity index (χ4n) is 6.78. The molecule has 0 bridgehead atoms. The van der Waals surface area contributed by atoms with Gasteiger partial charge in [0.1, 0.15) is 11.6 Å². The summed E-state index contributed by atoms with van der Waals surface area (Å²) < 4.78 is 17.2. The molecule has 0 unspecified atom stereocenters. The van der Waals surface area contributed by atoms with Crippen LogP contribution in [0.4, 0.5) is 5.00 Å². The van der Waals surface area contributed by atoms with E-state index in [1.54, 1.807) is 12.1 Å². The second kappa shape index (κ2) is 12.2. The van der Waals surface area contributed by atoms with E-state index in [4.69, 9.17) is 19.0 Å². The van der Waals surface area contributed by atoms with Crippen molar-refractivity contribution in [3.8, 4) is 11.5 Å². The van der Waals surface area contributed by atoms with Crippen molar-refractivity contribution in [1.82, 2.24) is 5.06 Å². The van der Waals surface area contributed by atoms with E-state index in [0.29, 0.717) is 47.6 Å². The van der Waals surface area contributed by atoms with Gasteiger partial charge in [-0.25, -0.2) is 9.69 Å². The van der Waals surface area contributed by atoms with E-state index in [1.807, 2.05) is 55.5 Å². The van der Waals surface area contributed by atoms with Gasteiger partial charge in [0.05, 0.1) is 31.2 Å². The normalized spacial score (nSPS) is 23.2. The highest BCUT2D eigenvalue weighted by Gasteiger charge is 2.60. The number of nitrogens with zero attached hydrogens (tertiary/aromatic N) is 2. The molecule has 2 amide bonds. The zero-order valence-corrected chi connectivity index (χ0v) is 27.4. The number of esters is 1. The van der Waals surface area contributed by atoms with Crippen molar-refractivity contribution in [1.29, 1.82) is 0 Å². The number of fused-ring (bicyclic) bond motifs is 2. The van der Waals surface area contributed by atoms with E-state index in [9.17, 15) is 14.4 Å². The maximum Gasteiger partial charge on any atom is 0.341 e. The van der Waals surface area contributed by atoms with Gasteiger partial charge in [-0.3, -0.25) is 14.4 Å². The Morgan fingerprint density at radius 1 is 1.04 bits per heavy atom. The monoisotopic (exact) mass is 632 g/mol. The van der Waals surface area contributed by atoms with Crippen molar-refractivity contribution < 1.29 is 33.4 Å². The number of rotatable bonds is 8. The summed E-state index contributed by atoms with van der Waals surface area (Å²) in [4.78, 5) is 49.6. The van der Waals surface area contributed by atoms with Crippen LogP contribution < -0.4 is 14.4 Å². The number of thiophene rings is 1. The highest BCUT2D eigenvalue weighted by molar-refractivity contribution is 7.17. The van der Waals surface area contributed by atoms with Crippen molar-refractivity contribution in [3.05, 3.63) is 75.7 Å². The summed E-state index contributed by atoms with van der Waals surface area (Å²) >= 11 is 1.36. The predicted molar refractivity (Wildman–Crippen MR) is 170 cm³/mol. The molecule has 1 aliphatic carbocycles. The zero-order valence-electron chi connectivity index (χ0n) is 26.6. The van der Waals surface area contributed by atoms with Crippen molar-refractivity contribution in [2.24, 2.45) is 17.3 Å². The van der Waals surface area contributed by atoms with Gasteiger partial charge in [-0.05, 0) is 66.3 Å². The molecule has 1 aromatic heterocycles. The topological polar surface area (TPSA) is 94.6 Å². The van der Waals surface area contributed by atoms with Gasteiger partial charge in [-0.2, -0.15) is 5.06 Å². The highest BCUT2D eigenvalue weighted by atomic mass is 32.1. The average molecular weight is 633 g/mol. The number of ether oxygens (including phenoxy) is 3. The third-order valence-corrected chi connectivity index (χ3v) is 10.5. The van der Waals surface area contributed by atoms with Crippen LogP contribution in [0.3, 0.4) is 0 Å². The first-order valence-electron chi connectivity index (χ1n) is 15.5. The molecular weight excluding hydrogens is 592 g/mol. The van der Waals surface area contributed by atoms with Gasteiger partial charge in [0.2, 0.25) is 5.91 Å². The summed E-state index contributed by atoms with van der Waals surface area (Å²) in [6, 6.07) is 14.9. The van der Waals surface area contributed by atoms with Gasteiger partial charge in [0, 0.05) is 11.9 Å². The Morgan fingerprint density at radius 2 is 1.80 bits per heavy atom. The Morgan fingerprint density at radius 3 is 2.49 bits per heavy atom. The molecule has 3 aromatic rings. The Bertz CT molecular complexity index is 1610. The summed E-state index contributed by atoms with van der Waals surface area (Å²) in [5.41, 5.74) is 3.10. The molecule has 9 nitrogen and oxygen atoms in total. The minimum Gasteiger partial charge on any atom is -0.490 e. The van der Waals surface area contributed by atoms with E-state index in [2.05, 4.69) is 20.8 Å². The number of amides is 2. The SMILES string of the molecule is CCOc1cc([C@H]2[C@@H]3C(=O)N(c4sc5c(c4C(=O)OC)CC[C@@H](C(C)(C)C)C5)C(=O)[C@H]3ON2C)ccc1OCc1ccccc1. The smallest absolute Gasteiger partial charge is 0.341 e. The number of imide groups is 1. The number of hydrogen-bond acceptors (Lipinski definition) is 9. The van der Waals surface area contributed by atoms with Gasteiger partial charge in [0.25, 0.3) is 5.91 Å². The molecule has 2 aliphatic heterocycles. The minimum absolute atomic E-state index is 0.0949. The number of anilines is 1. The molecular formula is C35H40N2O7S. The molecule has 238 valence electrons. The summed E-state index contributed by atoms with van der Waals surface area (Å²) in [6.45, 7) is 9.37. The molecule has 4 atom stereocenters. The second-order valence-electron chi connectivity index (χ2n) is 12.9. The Hall–Kier alpha value is -3.73. The summed E-state index contributed by atoms with van der Waals surface area (Å²) in [5.74, 6) is -0.647. The van der Waals surface area contributed by atoms with Gasteiger partial charge >= 0.3 is 5.97 Å². The Kier molecular flexibility index (Phi) is 8.49. The Labute approximate surface area is 268 Å². The number of methoxy groups -OCH3 is 1. The van der Waals surface area contributed by atoms with Crippen LogP contribution in [0.15, 0.2) is 48.5 Å². The molecule has 0 N–H and O–H groups in total. The lowest BCUT2D eigenvalue weighted by molar-refractivity contribution is -0.160. The molecule has 0 spiro atoms. The second-order valence-corrected chi connectivity index (χ2v) is 14.0. The van der Waals surface area contributed by atoms with Gasteiger partial charge in [-0.15, -0.1) is 11.3 Å². The van der Waals surface area contributed by atoms with Crippen LogP contribution >= 0.6 is 11.3 Å². The van der Waals surface area contributed by atoms with E-state index in [0.717, 1.165) is 34.4 Å². The highest BCUT2D eigenvalue weighted by Crippen LogP contribution is 2.51. The van der Waals surface area contributed by atoms with Crippen molar-refractivity contribution in [2.45, 2.75) is 65.7 Å². The first-order valence-corrected chi connectivity index (χ1v) is 16.3. The third kappa shape index (κ3) is 5.64. The van der Waals surface area contributed by atoms with Crippen LogP contribution in [0, 0.1) is 17.3 Å². The lowest BCUT2D eigenvalue weighted by Gasteiger charge is -2.33. The number of hydroxylamine groups is 2. The maximum absolute atomic E-state index is 14.3. The lowest BCUT2D eigenvalue weighted by atomic mass is 9.72. The predicted octanol–water partition coefficient (Wildman–Crippen LogP) is 6.14. The summed E-state index contributed by atoms with van der Waals surface area (Å²) in [7, 11) is 3.06. The van der Waals surface area contributed by atoms with Crippen molar-refractivity contribution >= 4 is 34.1 Å². The largest absolute Gasteiger partial charge is 0.490 e. The molecule has 0 radical (unpaired) electrons. The number of hydrogen-bond donors (Lipinski definition) is 0. The lowest BCUT2D eigenvalue weighted by Crippen LogP contribution is -2.36.